The monoisotopic (exact) mass is 474 g/mol. The number of carboxylic acid groups (broad SMARTS) is 1. The van der Waals surface area contributed by atoms with E-state index in [0.717, 1.165) is 44.1 Å². The Hall–Kier alpha value is -2.95. The van der Waals surface area contributed by atoms with Crippen molar-refractivity contribution in [2.24, 2.45) is 23.2 Å². The SMILES string of the molecule is COC(=O)c1ccc2c(c1)CC[C@@H]1[C@@H]2CC[C@]2(C)[C@@H](C(=O)CCc3ccc(C(=O)O)cc3)CC[C@@H]12. The van der Waals surface area contributed by atoms with Gasteiger partial charge in [0.15, 0.2) is 0 Å². The van der Waals surface area contributed by atoms with E-state index in [9.17, 15) is 14.4 Å². The Kier molecular flexibility index (Phi) is 6.29. The number of carboxylic acids is 1. The first kappa shape index (κ1) is 23.8. The molecular weight excluding hydrogens is 440 g/mol. The number of ketones is 1. The van der Waals surface area contributed by atoms with E-state index in [1.807, 2.05) is 24.3 Å². The number of carbonyl (C=O) groups is 3. The van der Waals surface area contributed by atoms with Crippen LogP contribution in [0.4, 0.5) is 0 Å². The molecule has 5 atom stereocenters. The number of aryl methyl sites for hydroxylation is 2. The molecule has 5 rings (SSSR count). The molecule has 0 bridgehead atoms. The van der Waals surface area contributed by atoms with Crippen LogP contribution in [0.2, 0.25) is 0 Å². The van der Waals surface area contributed by atoms with Crippen LogP contribution in [0.15, 0.2) is 42.5 Å². The minimum absolute atomic E-state index is 0.0644. The van der Waals surface area contributed by atoms with Crippen molar-refractivity contribution in [2.75, 3.05) is 7.11 Å². The van der Waals surface area contributed by atoms with Gasteiger partial charge in [-0.3, -0.25) is 4.79 Å². The summed E-state index contributed by atoms with van der Waals surface area (Å²) in [5.74, 6) is 0.975. The molecule has 0 spiro atoms. The molecule has 0 aromatic heterocycles. The van der Waals surface area contributed by atoms with Gasteiger partial charge >= 0.3 is 11.9 Å². The van der Waals surface area contributed by atoms with E-state index in [0.29, 0.717) is 41.9 Å². The first-order valence-electron chi connectivity index (χ1n) is 12.9. The van der Waals surface area contributed by atoms with Gasteiger partial charge in [0.05, 0.1) is 18.2 Å². The summed E-state index contributed by atoms with van der Waals surface area (Å²) in [7, 11) is 1.42. The predicted octanol–water partition coefficient (Wildman–Crippen LogP) is 5.85. The summed E-state index contributed by atoms with van der Waals surface area (Å²) in [5.41, 5.74) is 4.68. The van der Waals surface area contributed by atoms with Gasteiger partial charge in [0.2, 0.25) is 0 Å². The third-order valence-corrected chi connectivity index (χ3v) is 9.40. The zero-order chi connectivity index (χ0) is 24.7. The molecule has 0 heterocycles. The van der Waals surface area contributed by atoms with Crippen molar-refractivity contribution in [3.63, 3.8) is 0 Å². The summed E-state index contributed by atoms with van der Waals surface area (Å²) in [6, 6.07) is 13.0. The summed E-state index contributed by atoms with van der Waals surface area (Å²) < 4.78 is 4.91. The number of methoxy groups -OCH3 is 1. The van der Waals surface area contributed by atoms with Crippen LogP contribution in [0.3, 0.4) is 0 Å². The molecule has 5 heteroatoms. The van der Waals surface area contributed by atoms with Crippen LogP contribution in [-0.2, 0) is 22.4 Å². The van der Waals surface area contributed by atoms with Gasteiger partial charge in [0.1, 0.15) is 5.78 Å². The highest BCUT2D eigenvalue weighted by Crippen LogP contribution is 2.63. The van der Waals surface area contributed by atoms with Gasteiger partial charge in [0, 0.05) is 12.3 Å². The molecular formula is C30H34O5. The number of aromatic carboxylic acids is 1. The Balaban J connectivity index is 1.27. The van der Waals surface area contributed by atoms with Crippen LogP contribution in [0.1, 0.15) is 88.8 Å². The second-order valence-electron chi connectivity index (χ2n) is 11.0. The summed E-state index contributed by atoms with van der Waals surface area (Å²) >= 11 is 0. The molecule has 2 aromatic rings. The quantitative estimate of drug-likeness (QED) is 0.532. The minimum Gasteiger partial charge on any atom is -0.478 e. The maximum absolute atomic E-state index is 13.4. The molecule has 35 heavy (non-hydrogen) atoms. The second-order valence-corrected chi connectivity index (χ2v) is 11.0. The molecule has 3 aliphatic rings. The summed E-state index contributed by atoms with van der Waals surface area (Å²) in [6.45, 7) is 2.36. The van der Waals surface area contributed by atoms with E-state index in [1.54, 1.807) is 12.1 Å². The molecule has 0 amide bonds. The standard InChI is InChI=1S/C30H34O5/c1-30-16-15-23-22-10-9-21(29(34)35-2)17-20(22)8-11-24(23)25(30)12-13-26(30)27(31)14-5-18-3-6-19(7-4-18)28(32)33/h3-4,6-7,9-10,17,23-26H,5,8,11-16H2,1-2H3,(H,32,33)/t23-,24-,25+,26-,30+/m1/s1. The maximum atomic E-state index is 13.4. The predicted molar refractivity (Wildman–Crippen MR) is 133 cm³/mol. The van der Waals surface area contributed by atoms with Crippen LogP contribution in [-0.4, -0.2) is 29.9 Å². The fourth-order valence-corrected chi connectivity index (χ4v) is 7.61. The molecule has 0 saturated heterocycles. The van der Waals surface area contributed by atoms with Crippen LogP contribution >= 0.6 is 0 Å². The third-order valence-electron chi connectivity index (χ3n) is 9.40. The van der Waals surface area contributed by atoms with Crippen molar-refractivity contribution < 1.29 is 24.2 Å². The number of esters is 1. The lowest BCUT2D eigenvalue weighted by atomic mass is 9.53. The van der Waals surface area contributed by atoms with E-state index in [1.165, 1.54) is 18.2 Å². The van der Waals surface area contributed by atoms with E-state index >= 15 is 0 Å². The Bertz CT molecular complexity index is 1150. The highest BCUT2D eigenvalue weighted by Gasteiger charge is 2.56. The topological polar surface area (TPSA) is 80.7 Å². The zero-order valence-corrected chi connectivity index (χ0v) is 20.6. The van der Waals surface area contributed by atoms with E-state index in [2.05, 4.69) is 13.0 Å². The lowest BCUT2D eigenvalue weighted by Gasteiger charge is -2.50. The highest BCUT2D eigenvalue weighted by atomic mass is 16.5. The minimum atomic E-state index is -0.928. The number of fused-ring (bicyclic) bond motifs is 5. The van der Waals surface area contributed by atoms with Crippen LogP contribution < -0.4 is 0 Å². The number of rotatable bonds is 6. The Morgan fingerprint density at radius 1 is 1.00 bits per heavy atom. The van der Waals surface area contributed by atoms with Gasteiger partial charge in [-0.05, 0) is 109 Å². The lowest BCUT2D eigenvalue weighted by Crippen LogP contribution is -2.44. The van der Waals surface area contributed by atoms with Gasteiger partial charge in [-0.15, -0.1) is 0 Å². The molecule has 2 aromatic carbocycles. The molecule has 2 saturated carbocycles. The third kappa shape index (κ3) is 4.19. The molecule has 0 radical (unpaired) electrons. The van der Waals surface area contributed by atoms with E-state index in [-0.39, 0.29) is 22.9 Å². The summed E-state index contributed by atoms with van der Waals surface area (Å²) in [4.78, 5) is 36.5. The fraction of sp³-hybridized carbons (Fsp3) is 0.500. The normalized spacial score (nSPS) is 29.0. The van der Waals surface area contributed by atoms with Gasteiger partial charge in [-0.2, -0.15) is 0 Å². The number of hydrogen-bond acceptors (Lipinski definition) is 4. The number of benzene rings is 2. The largest absolute Gasteiger partial charge is 0.478 e. The molecule has 3 aliphatic carbocycles. The number of carbonyl (C=O) groups excluding carboxylic acids is 2. The fourth-order valence-electron chi connectivity index (χ4n) is 7.61. The number of Topliss-reactive ketones (excluding diaryl/α,β-unsaturated/α-hetero) is 1. The lowest BCUT2D eigenvalue weighted by molar-refractivity contribution is -0.128. The van der Waals surface area contributed by atoms with Crippen molar-refractivity contribution in [3.05, 3.63) is 70.3 Å². The Morgan fingerprint density at radius 2 is 1.74 bits per heavy atom. The van der Waals surface area contributed by atoms with Gasteiger partial charge in [0.25, 0.3) is 0 Å². The molecule has 0 unspecified atom stereocenters. The van der Waals surface area contributed by atoms with Crippen molar-refractivity contribution >= 4 is 17.7 Å². The molecule has 1 N–H and O–H groups in total. The van der Waals surface area contributed by atoms with Gasteiger partial charge in [-0.25, -0.2) is 9.59 Å². The molecule has 0 aliphatic heterocycles. The first-order valence-corrected chi connectivity index (χ1v) is 12.9. The average molecular weight is 475 g/mol. The van der Waals surface area contributed by atoms with Crippen molar-refractivity contribution in [3.8, 4) is 0 Å². The number of ether oxygens (including phenoxy) is 1. The average Bonchev–Trinajstić information content (AvgIpc) is 3.23. The van der Waals surface area contributed by atoms with Crippen LogP contribution in [0, 0.1) is 23.2 Å². The van der Waals surface area contributed by atoms with Crippen LogP contribution in [0.5, 0.6) is 0 Å². The molecule has 184 valence electrons. The highest BCUT2D eigenvalue weighted by molar-refractivity contribution is 5.89. The molecule has 5 nitrogen and oxygen atoms in total. The van der Waals surface area contributed by atoms with Gasteiger partial charge < -0.3 is 9.84 Å². The first-order chi connectivity index (χ1) is 16.8. The van der Waals surface area contributed by atoms with Crippen molar-refractivity contribution in [1.29, 1.82) is 0 Å². The zero-order valence-electron chi connectivity index (χ0n) is 20.6. The van der Waals surface area contributed by atoms with E-state index in [4.69, 9.17) is 9.84 Å². The van der Waals surface area contributed by atoms with Crippen molar-refractivity contribution in [1.82, 2.24) is 0 Å². The second kappa shape index (κ2) is 9.25. The maximum Gasteiger partial charge on any atom is 0.337 e. The molecule has 2 fully saturated rings. The van der Waals surface area contributed by atoms with Crippen LogP contribution in [0.25, 0.3) is 0 Å². The van der Waals surface area contributed by atoms with Crippen molar-refractivity contribution in [2.45, 2.75) is 64.2 Å². The summed E-state index contributed by atoms with van der Waals surface area (Å²) in [6.07, 6.45) is 7.57. The smallest absolute Gasteiger partial charge is 0.337 e. The summed E-state index contributed by atoms with van der Waals surface area (Å²) in [5, 5.41) is 9.08. The Morgan fingerprint density at radius 3 is 2.46 bits per heavy atom. The Labute approximate surface area is 206 Å². The number of hydrogen-bond donors (Lipinski definition) is 1. The van der Waals surface area contributed by atoms with Gasteiger partial charge in [-0.1, -0.05) is 25.1 Å². The van der Waals surface area contributed by atoms with E-state index < -0.39 is 5.97 Å².